The number of piperidine rings is 1. The minimum absolute atomic E-state index is 0.0462. The summed E-state index contributed by atoms with van der Waals surface area (Å²) >= 11 is 0. The molecule has 1 fully saturated rings. The zero-order valence-electron chi connectivity index (χ0n) is 11.7. The zero-order valence-corrected chi connectivity index (χ0v) is 11.7. The van der Waals surface area contributed by atoms with Gasteiger partial charge in [-0.15, -0.1) is 0 Å². The van der Waals surface area contributed by atoms with Crippen molar-refractivity contribution in [3.63, 3.8) is 0 Å². The molecule has 2 aliphatic heterocycles. The van der Waals surface area contributed by atoms with Crippen LogP contribution < -0.4 is 16.4 Å². The van der Waals surface area contributed by atoms with Crippen molar-refractivity contribution < 1.29 is 4.79 Å². The second-order valence-corrected chi connectivity index (χ2v) is 5.65. The Hall–Kier alpha value is -1.75. The van der Waals surface area contributed by atoms with E-state index in [1.165, 1.54) is 32.4 Å². The van der Waals surface area contributed by atoms with Gasteiger partial charge in [-0.3, -0.25) is 4.79 Å². The van der Waals surface area contributed by atoms with Gasteiger partial charge in [-0.1, -0.05) is 6.42 Å². The Morgan fingerprint density at radius 3 is 2.85 bits per heavy atom. The van der Waals surface area contributed by atoms with Gasteiger partial charge in [-0.2, -0.15) is 0 Å². The first-order valence-electron chi connectivity index (χ1n) is 7.41. The molecule has 20 heavy (non-hydrogen) atoms. The van der Waals surface area contributed by atoms with Crippen molar-refractivity contribution >= 4 is 23.0 Å². The lowest BCUT2D eigenvalue weighted by atomic mass is 10.1. The van der Waals surface area contributed by atoms with E-state index < -0.39 is 0 Å². The molecular formula is C15H22N4O. The highest BCUT2D eigenvalue weighted by Gasteiger charge is 2.19. The molecule has 5 heteroatoms. The first kappa shape index (κ1) is 13.2. The lowest BCUT2D eigenvalue weighted by Gasteiger charge is -2.26. The number of hydrogen-bond donors (Lipinski definition) is 3. The number of nitrogens with two attached hydrogens (primary N) is 1. The van der Waals surface area contributed by atoms with E-state index in [1.54, 1.807) is 0 Å². The van der Waals surface area contributed by atoms with Crippen LogP contribution in [0.15, 0.2) is 12.1 Å². The summed E-state index contributed by atoms with van der Waals surface area (Å²) in [5.41, 5.74) is 9.57. The first-order valence-corrected chi connectivity index (χ1v) is 7.41. The standard InChI is InChI=1S/C15H22N4O/c16-12-8-11-9-15(20)18-13(11)10-14(12)17-4-7-19-5-2-1-3-6-19/h8,10,17H,1-7,9,16H2,(H,18,20). The third-order valence-electron chi connectivity index (χ3n) is 4.09. The highest BCUT2D eigenvalue weighted by Crippen LogP contribution is 2.31. The van der Waals surface area contributed by atoms with E-state index in [4.69, 9.17) is 5.73 Å². The van der Waals surface area contributed by atoms with Crippen molar-refractivity contribution in [1.82, 2.24) is 4.90 Å². The number of likely N-dealkylation sites (tertiary alicyclic amines) is 1. The van der Waals surface area contributed by atoms with Gasteiger partial charge in [-0.25, -0.2) is 0 Å². The number of anilines is 3. The number of nitrogens with one attached hydrogen (secondary N) is 2. The van der Waals surface area contributed by atoms with E-state index in [0.717, 1.165) is 35.7 Å². The lowest BCUT2D eigenvalue weighted by Crippen LogP contribution is -2.33. The predicted octanol–water partition coefficient (Wildman–Crippen LogP) is 1.66. The van der Waals surface area contributed by atoms with Crippen LogP contribution >= 0.6 is 0 Å². The average Bonchev–Trinajstić information content (AvgIpc) is 2.79. The summed E-state index contributed by atoms with van der Waals surface area (Å²) in [5.74, 6) is 0.0462. The number of nitrogen functional groups attached to an aromatic ring is 1. The van der Waals surface area contributed by atoms with Gasteiger partial charge in [0.15, 0.2) is 0 Å². The summed E-state index contributed by atoms with van der Waals surface area (Å²) in [6, 6.07) is 3.85. The summed E-state index contributed by atoms with van der Waals surface area (Å²) in [7, 11) is 0. The summed E-state index contributed by atoms with van der Waals surface area (Å²) in [5, 5.41) is 6.25. The van der Waals surface area contributed by atoms with Crippen molar-refractivity contribution in [2.45, 2.75) is 25.7 Å². The Morgan fingerprint density at radius 1 is 1.25 bits per heavy atom. The van der Waals surface area contributed by atoms with Crippen LogP contribution in [0.2, 0.25) is 0 Å². The number of fused-ring (bicyclic) bond motifs is 1. The Kier molecular flexibility index (Phi) is 3.78. The molecule has 0 atom stereocenters. The quantitative estimate of drug-likeness (QED) is 0.730. The van der Waals surface area contributed by atoms with Gasteiger partial charge in [0.05, 0.1) is 17.8 Å². The molecule has 0 saturated carbocycles. The summed E-state index contributed by atoms with van der Waals surface area (Å²) in [4.78, 5) is 13.9. The molecule has 0 aliphatic carbocycles. The number of benzene rings is 1. The van der Waals surface area contributed by atoms with Crippen LogP contribution in [0.4, 0.5) is 17.1 Å². The van der Waals surface area contributed by atoms with Gasteiger partial charge < -0.3 is 21.3 Å². The molecule has 2 aliphatic rings. The SMILES string of the molecule is Nc1cc2c(cc1NCCN1CCCCC1)NC(=O)C2. The Balaban J connectivity index is 1.57. The molecule has 0 radical (unpaired) electrons. The van der Waals surface area contributed by atoms with Crippen LogP contribution in [0.3, 0.4) is 0 Å². The molecule has 4 N–H and O–H groups in total. The van der Waals surface area contributed by atoms with Crippen LogP contribution in [-0.2, 0) is 11.2 Å². The molecule has 5 nitrogen and oxygen atoms in total. The summed E-state index contributed by atoms with van der Waals surface area (Å²) in [6.07, 6.45) is 4.43. The van der Waals surface area contributed by atoms with Crippen molar-refractivity contribution in [3.05, 3.63) is 17.7 Å². The molecule has 1 saturated heterocycles. The number of rotatable bonds is 4. The van der Waals surface area contributed by atoms with Crippen molar-refractivity contribution in [2.75, 3.05) is 42.5 Å². The maximum atomic E-state index is 11.4. The first-order chi connectivity index (χ1) is 9.72. The molecule has 108 valence electrons. The third-order valence-corrected chi connectivity index (χ3v) is 4.09. The number of hydrogen-bond acceptors (Lipinski definition) is 4. The maximum Gasteiger partial charge on any atom is 0.228 e. The average molecular weight is 274 g/mol. The normalized spacial score (nSPS) is 18.7. The molecule has 0 unspecified atom stereocenters. The Labute approximate surface area is 119 Å². The zero-order chi connectivity index (χ0) is 13.9. The molecule has 2 heterocycles. The monoisotopic (exact) mass is 274 g/mol. The van der Waals surface area contributed by atoms with Gasteiger partial charge in [0, 0.05) is 18.8 Å². The van der Waals surface area contributed by atoms with Crippen LogP contribution in [0.5, 0.6) is 0 Å². The highest BCUT2D eigenvalue weighted by atomic mass is 16.1. The Morgan fingerprint density at radius 2 is 2.05 bits per heavy atom. The van der Waals surface area contributed by atoms with E-state index in [2.05, 4.69) is 15.5 Å². The maximum absolute atomic E-state index is 11.4. The fraction of sp³-hybridized carbons (Fsp3) is 0.533. The number of carbonyl (C=O) groups excluding carboxylic acids is 1. The minimum atomic E-state index is 0.0462. The number of carbonyl (C=O) groups is 1. The highest BCUT2D eigenvalue weighted by molar-refractivity contribution is 6.00. The van der Waals surface area contributed by atoms with E-state index in [9.17, 15) is 4.79 Å². The second-order valence-electron chi connectivity index (χ2n) is 5.65. The summed E-state index contributed by atoms with van der Waals surface area (Å²) in [6.45, 7) is 4.34. The van der Waals surface area contributed by atoms with Gasteiger partial charge in [0.1, 0.15) is 0 Å². The second kappa shape index (κ2) is 5.71. The van der Waals surface area contributed by atoms with Crippen LogP contribution in [0.25, 0.3) is 0 Å². The Bertz CT molecular complexity index is 509. The topological polar surface area (TPSA) is 70.4 Å². The van der Waals surface area contributed by atoms with Crippen LogP contribution in [-0.4, -0.2) is 37.0 Å². The molecule has 1 aromatic rings. The number of amides is 1. The smallest absolute Gasteiger partial charge is 0.228 e. The van der Waals surface area contributed by atoms with Gasteiger partial charge in [-0.05, 0) is 43.6 Å². The van der Waals surface area contributed by atoms with E-state index in [1.807, 2.05) is 12.1 Å². The fourth-order valence-corrected chi connectivity index (χ4v) is 2.98. The van der Waals surface area contributed by atoms with Crippen molar-refractivity contribution in [1.29, 1.82) is 0 Å². The van der Waals surface area contributed by atoms with Crippen LogP contribution in [0.1, 0.15) is 24.8 Å². The van der Waals surface area contributed by atoms with E-state index in [0.29, 0.717) is 6.42 Å². The molecular weight excluding hydrogens is 252 g/mol. The fourth-order valence-electron chi connectivity index (χ4n) is 2.98. The third kappa shape index (κ3) is 2.88. The van der Waals surface area contributed by atoms with Crippen molar-refractivity contribution in [3.8, 4) is 0 Å². The molecule has 0 aromatic heterocycles. The van der Waals surface area contributed by atoms with Gasteiger partial charge >= 0.3 is 0 Å². The molecule has 1 aromatic carbocycles. The molecule has 3 rings (SSSR count). The molecule has 1 amide bonds. The summed E-state index contributed by atoms with van der Waals surface area (Å²) < 4.78 is 0. The predicted molar refractivity (Wildman–Crippen MR) is 82.0 cm³/mol. The minimum Gasteiger partial charge on any atom is -0.397 e. The molecule has 0 bridgehead atoms. The van der Waals surface area contributed by atoms with E-state index in [-0.39, 0.29) is 5.91 Å². The van der Waals surface area contributed by atoms with Gasteiger partial charge in [0.25, 0.3) is 0 Å². The van der Waals surface area contributed by atoms with Crippen LogP contribution in [0, 0.1) is 0 Å². The lowest BCUT2D eigenvalue weighted by molar-refractivity contribution is -0.115. The van der Waals surface area contributed by atoms with E-state index >= 15 is 0 Å². The molecule has 0 spiro atoms. The largest absolute Gasteiger partial charge is 0.397 e. The van der Waals surface area contributed by atoms with Gasteiger partial charge in [0.2, 0.25) is 5.91 Å². The number of nitrogens with zero attached hydrogens (tertiary/aromatic N) is 1. The van der Waals surface area contributed by atoms with Crippen molar-refractivity contribution in [2.24, 2.45) is 0 Å².